The SMILES string of the molecule is CCCOc1ccccc1C(=O)NC(=S)NNC(=O)c1cccc(C)c1. The third-order valence-corrected chi connectivity index (χ3v) is 3.59. The van der Waals surface area contributed by atoms with E-state index in [4.69, 9.17) is 17.0 Å². The lowest BCUT2D eigenvalue weighted by Gasteiger charge is -2.13. The minimum absolute atomic E-state index is 0.0127. The monoisotopic (exact) mass is 371 g/mol. The van der Waals surface area contributed by atoms with Crippen LogP contribution in [0.25, 0.3) is 0 Å². The Kier molecular flexibility index (Phi) is 7.11. The van der Waals surface area contributed by atoms with Gasteiger partial charge in [-0.3, -0.25) is 25.8 Å². The molecular formula is C19H21N3O3S. The van der Waals surface area contributed by atoms with Crippen LogP contribution in [0, 0.1) is 6.92 Å². The number of hydrogen-bond acceptors (Lipinski definition) is 4. The Labute approximate surface area is 157 Å². The van der Waals surface area contributed by atoms with Gasteiger partial charge in [0.15, 0.2) is 5.11 Å². The first-order chi connectivity index (χ1) is 12.5. The highest BCUT2D eigenvalue weighted by Gasteiger charge is 2.14. The minimum Gasteiger partial charge on any atom is -0.493 e. The van der Waals surface area contributed by atoms with Gasteiger partial charge in [-0.15, -0.1) is 0 Å². The number of benzene rings is 2. The van der Waals surface area contributed by atoms with Crippen molar-refractivity contribution >= 4 is 29.1 Å². The van der Waals surface area contributed by atoms with Crippen molar-refractivity contribution in [3.8, 4) is 5.75 Å². The van der Waals surface area contributed by atoms with E-state index in [1.807, 2.05) is 19.9 Å². The van der Waals surface area contributed by atoms with Crippen molar-refractivity contribution in [3.63, 3.8) is 0 Å². The molecule has 6 nitrogen and oxygen atoms in total. The number of rotatable bonds is 5. The van der Waals surface area contributed by atoms with Gasteiger partial charge in [-0.1, -0.05) is 36.8 Å². The van der Waals surface area contributed by atoms with E-state index in [2.05, 4.69) is 16.2 Å². The second-order valence-electron chi connectivity index (χ2n) is 5.58. The summed E-state index contributed by atoms with van der Waals surface area (Å²) in [5, 5.41) is 2.51. The highest BCUT2D eigenvalue weighted by atomic mass is 32.1. The lowest BCUT2D eigenvalue weighted by molar-refractivity contribution is 0.0933. The predicted octanol–water partition coefficient (Wildman–Crippen LogP) is 2.73. The van der Waals surface area contributed by atoms with Crippen LogP contribution in [-0.4, -0.2) is 23.5 Å². The van der Waals surface area contributed by atoms with Gasteiger partial charge in [0.25, 0.3) is 11.8 Å². The van der Waals surface area contributed by atoms with Gasteiger partial charge in [-0.25, -0.2) is 0 Å². The average Bonchev–Trinajstić information content (AvgIpc) is 2.64. The molecule has 0 spiro atoms. The Morgan fingerprint density at radius 1 is 1.04 bits per heavy atom. The fourth-order valence-corrected chi connectivity index (χ4v) is 2.31. The van der Waals surface area contributed by atoms with Gasteiger partial charge < -0.3 is 4.74 Å². The van der Waals surface area contributed by atoms with Crippen molar-refractivity contribution in [1.29, 1.82) is 0 Å². The van der Waals surface area contributed by atoms with Crippen LogP contribution in [0.3, 0.4) is 0 Å². The number of para-hydroxylation sites is 1. The summed E-state index contributed by atoms with van der Waals surface area (Å²) in [5.41, 5.74) is 6.81. The number of hydrogen-bond donors (Lipinski definition) is 3. The highest BCUT2D eigenvalue weighted by molar-refractivity contribution is 7.80. The van der Waals surface area contributed by atoms with Crippen LogP contribution in [0.2, 0.25) is 0 Å². The zero-order valence-electron chi connectivity index (χ0n) is 14.7. The molecule has 0 fully saturated rings. The summed E-state index contributed by atoms with van der Waals surface area (Å²) in [5.74, 6) is -0.283. The lowest BCUT2D eigenvalue weighted by atomic mass is 10.1. The van der Waals surface area contributed by atoms with Crippen LogP contribution in [0.4, 0.5) is 0 Å². The first-order valence-corrected chi connectivity index (χ1v) is 8.62. The third-order valence-electron chi connectivity index (χ3n) is 3.39. The Morgan fingerprint density at radius 3 is 2.54 bits per heavy atom. The van der Waals surface area contributed by atoms with Gasteiger partial charge >= 0.3 is 0 Å². The van der Waals surface area contributed by atoms with Gasteiger partial charge in [0.05, 0.1) is 12.2 Å². The number of nitrogens with one attached hydrogen (secondary N) is 3. The number of amides is 2. The van der Waals surface area contributed by atoms with Crippen molar-refractivity contribution in [2.75, 3.05) is 6.61 Å². The molecule has 0 saturated heterocycles. The molecule has 0 aliphatic rings. The Bertz CT molecular complexity index is 808. The summed E-state index contributed by atoms with van der Waals surface area (Å²) < 4.78 is 5.56. The molecule has 0 atom stereocenters. The number of thiocarbonyl (C=S) groups is 1. The predicted molar refractivity (Wildman–Crippen MR) is 104 cm³/mol. The van der Waals surface area contributed by atoms with Gasteiger partial charge in [-0.2, -0.15) is 0 Å². The zero-order chi connectivity index (χ0) is 18.9. The van der Waals surface area contributed by atoms with Crippen LogP contribution < -0.4 is 20.9 Å². The molecule has 2 amide bonds. The van der Waals surface area contributed by atoms with E-state index in [0.29, 0.717) is 23.5 Å². The van der Waals surface area contributed by atoms with E-state index < -0.39 is 5.91 Å². The molecule has 0 bridgehead atoms. The molecule has 136 valence electrons. The Balaban J connectivity index is 1.91. The van der Waals surface area contributed by atoms with E-state index in [0.717, 1.165) is 12.0 Å². The van der Waals surface area contributed by atoms with E-state index in [1.54, 1.807) is 42.5 Å². The molecule has 0 saturated carbocycles. The number of carbonyl (C=O) groups is 2. The topological polar surface area (TPSA) is 79.5 Å². The molecule has 0 radical (unpaired) electrons. The minimum atomic E-state index is -0.418. The van der Waals surface area contributed by atoms with E-state index in [9.17, 15) is 9.59 Å². The quantitative estimate of drug-likeness (QED) is 0.556. The summed E-state index contributed by atoms with van der Waals surface area (Å²) >= 11 is 5.06. The van der Waals surface area contributed by atoms with Crippen LogP contribution in [0.15, 0.2) is 48.5 Å². The number of carbonyl (C=O) groups excluding carboxylic acids is 2. The molecule has 0 aliphatic heterocycles. The van der Waals surface area contributed by atoms with Crippen molar-refractivity contribution in [2.24, 2.45) is 0 Å². The van der Waals surface area contributed by atoms with E-state index >= 15 is 0 Å². The molecule has 2 aromatic rings. The molecular weight excluding hydrogens is 350 g/mol. The summed E-state index contributed by atoms with van der Waals surface area (Å²) in [7, 11) is 0. The highest BCUT2D eigenvalue weighted by Crippen LogP contribution is 2.17. The maximum Gasteiger partial charge on any atom is 0.269 e. The largest absolute Gasteiger partial charge is 0.493 e. The summed E-state index contributed by atoms with van der Waals surface area (Å²) in [6.45, 7) is 4.39. The number of hydrazine groups is 1. The normalized spacial score (nSPS) is 9.92. The molecule has 0 unspecified atom stereocenters. The average molecular weight is 371 g/mol. The fraction of sp³-hybridized carbons (Fsp3) is 0.211. The molecule has 2 aromatic carbocycles. The second kappa shape index (κ2) is 9.53. The van der Waals surface area contributed by atoms with E-state index in [-0.39, 0.29) is 11.0 Å². The third kappa shape index (κ3) is 5.56. The lowest BCUT2D eigenvalue weighted by Crippen LogP contribution is -2.48. The first kappa shape index (κ1) is 19.4. The van der Waals surface area contributed by atoms with Gasteiger partial charge in [0, 0.05) is 5.56 Å². The maximum absolute atomic E-state index is 12.4. The fourth-order valence-electron chi connectivity index (χ4n) is 2.17. The number of aryl methyl sites for hydroxylation is 1. The molecule has 0 aliphatic carbocycles. The molecule has 7 heteroatoms. The molecule has 2 rings (SSSR count). The van der Waals surface area contributed by atoms with Gasteiger partial charge in [0.2, 0.25) is 0 Å². The molecule has 26 heavy (non-hydrogen) atoms. The zero-order valence-corrected chi connectivity index (χ0v) is 15.5. The van der Waals surface area contributed by atoms with Crippen LogP contribution in [0.5, 0.6) is 5.75 Å². The molecule has 3 N–H and O–H groups in total. The summed E-state index contributed by atoms with van der Waals surface area (Å²) in [6.07, 6.45) is 0.834. The maximum atomic E-state index is 12.4. The van der Waals surface area contributed by atoms with Crippen molar-refractivity contribution in [2.45, 2.75) is 20.3 Å². The number of ether oxygens (including phenoxy) is 1. The Morgan fingerprint density at radius 2 is 1.81 bits per heavy atom. The van der Waals surface area contributed by atoms with Crippen molar-refractivity contribution in [3.05, 3.63) is 65.2 Å². The van der Waals surface area contributed by atoms with Crippen molar-refractivity contribution in [1.82, 2.24) is 16.2 Å². The van der Waals surface area contributed by atoms with Crippen LogP contribution in [0.1, 0.15) is 39.6 Å². The Hall–Kier alpha value is -2.93. The smallest absolute Gasteiger partial charge is 0.269 e. The van der Waals surface area contributed by atoms with Gasteiger partial charge in [-0.05, 0) is 49.8 Å². The molecule has 0 aromatic heterocycles. The molecule has 0 heterocycles. The summed E-state index contributed by atoms with van der Waals surface area (Å²) in [6, 6.07) is 14.0. The first-order valence-electron chi connectivity index (χ1n) is 8.21. The second-order valence-corrected chi connectivity index (χ2v) is 5.98. The standard InChI is InChI=1S/C19H21N3O3S/c1-3-11-25-16-10-5-4-9-15(16)18(24)20-19(26)22-21-17(23)14-8-6-7-13(2)12-14/h4-10,12H,3,11H2,1-2H3,(H,21,23)(H2,20,22,24,26). The van der Waals surface area contributed by atoms with Gasteiger partial charge in [0.1, 0.15) is 5.75 Å². The summed E-state index contributed by atoms with van der Waals surface area (Å²) in [4.78, 5) is 24.4. The van der Waals surface area contributed by atoms with Crippen LogP contribution in [-0.2, 0) is 0 Å². The van der Waals surface area contributed by atoms with Crippen LogP contribution >= 0.6 is 12.2 Å². The van der Waals surface area contributed by atoms with E-state index in [1.165, 1.54) is 0 Å². The van der Waals surface area contributed by atoms with Crippen molar-refractivity contribution < 1.29 is 14.3 Å².